The van der Waals surface area contributed by atoms with Crippen LogP contribution < -0.4 is 10.1 Å². The number of carbonyl (C=O) groups is 2. The molecule has 1 aromatic heterocycles. The molecule has 2 amide bonds. The smallest absolute Gasteiger partial charge is 0.290 e. The van der Waals surface area contributed by atoms with Crippen LogP contribution in [0.15, 0.2) is 59.6 Å². The van der Waals surface area contributed by atoms with Crippen LogP contribution in [0.5, 0.6) is 5.75 Å². The number of rotatable bonds is 5. The van der Waals surface area contributed by atoms with E-state index in [9.17, 15) is 9.59 Å². The molecule has 0 atom stereocenters. The Morgan fingerprint density at radius 2 is 1.86 bits per heavy atom. The predicted octanol–water partition coefficient (Wildman–Crippen LogP) is 3.48. The molecule has 1 aliphatic rings. The number of benzene rings is 2. The van der Waals surface area contributed by atoms with Gasteiger partial charge >= 0.3 is 0 Å². The molecule has 0 spiro atoms. The van der Waals surface area contributed by atoms with Gasteiger partial charge in [-0.1, -0.05) is 35.0 Å². The SMILES string of the molecule is Cc1ccc(-n2cc(COc3ccc(/C=C4\SC(=O)NC4=O)cc3)nn2)cc1. The van der Waals surface area contributed by atoms with E-state index in [1.165, 1.54) is 5.56 Å². The van der Waals surface area contributed by atoms with Crippen LogP contribution >= 0.6 is 11.8 Å². The van der Waals surface area contributed by atoms with Crippen LogP contribution in [0.2, 0.25) is 0 Å². The standard InChI is InChI=1S/C20H16N4O3S/c1-13-2-6-16(7-3-13)24-11-15(22-23-24)12-27-17-8-4-14(5-9-17)10-18-19(25)21-20(26)28-18/h2-11H,12H2,1H3,(H,21,25,26)/b18-10-. The summed E-state index contributed by atoms with van der Waals surface area (Å²) in [5.74, 6) is 0.304. The minimum atomic E-state index is -0.369. The molecule has 28 heavy (non-hydrogen) atoms. The monoisotopic (exact) mass is 392 g/mol. The zero-order chi connectivity index (χ0) is 19.5. The van der Waals surface area contributed by atoms with Crippen molar-refractivity contribution >= 4 is 29.0 Å². The van der Waals surface area contributed by atoms with E-state index in [1.54, 1.807) is 22.9 Å². The molecule has 8 heteroatoms. The third-order valence-corrected chi connectivity index (χ3v) is 4.86. The minimum absolute atomic E-state index is 0.291. The van der Waals surface area contributed by atoms with Crippen molar-refractivity contribution in [3.63, 3.8) is 0 Å². The molecular formula is C20H16N4O3S. The summed E-state index contributed by atoms with van der Waals surface area (Å²) in [6, 6.07) is 15.3. The number of nitrogens with zero attached hydrogens (tertiary/aromatic N) is 3. The third-order valence-electron chi connectivity index (χ3n) is 4.05. The molecule has 1 saturated heterocycles. The normalized spacial score (nSPS) is 15.1. The fourth-order valence-electron chi connectivity index (χ4n) is 2.58. The van der Waals surface area contributed by atoms with E-state index in [2.05, 4.69) is 15.6 Å². The molecule has 0 aliphatic carbocycles. The number of nitrogens with one attached hydrogen (secondary N) is 1. The molecule has 0 radical (unpaired) electrons. The van der Waals surface area contributed by atoms with E-state index >= 15 is 0 Å². The summed E-state index contributed by atoms with van der Waals surface area (Å²) in [7, 11) is 0. The van der Waals surface area contributed by atoms with Gasteiger partial charge in [-0.3, -0.25) is 14.9 Å². The van der Waals surface area contributed by atoms with Gasteiger partial charge in [-0.25, -0.2) is 4.68 Å². The number of aromatic nitrogens is 3. The molecule has 3 aromatic rings. The van der Waals surface area contributed by atoms with Gasteiger partial charge in [-0.05, 0) is 54.6 Å². The Morgan fingerprint density at radius 1 is 1.11 bits per heavy atom. The van der Waals surface area contributed by atoms with Gasteiger partial charge in [-0.2, -0.15) is 0 Å². The fourth-order valence-corrected chi connectivity index (χ4v) is 3.26. The van der Waals surface area contributed by atoms with Gasteiger partial charge in [0, 0.05) is 0 Å². The number of hydrogen-bond acceptors (Lipinski definition) is 6. The maximum absolute atomic E-state index is 11.6. The van der Waals surface area contributed by atoms with Gasteiger partial charge < -0.3 is 4.74 Å². The predicted molar refractivity (Wildman–Crippen MR) is 106 cm³/mol. The Kier molecular flexibility index (Phi) is 4.94. The third kappa shape index (κ3) is 4.12. The summed E-state index contributed by atoms with van der Waals surface area (Å²) in [5.41, 5.74) is 3.65. The number of imide groups is 1. The first kappa shape index (κ1) is 18.0. The van der Waals surface area contributed by atoms with Crippen molar-refractivity contribution in [1.29, 1.82) is 0 Å². The van der Waals surface area contributed by atoms with Gasteiger partial charge in [0.25, 0.3) is 11.1 Å². The number of carbonyl (C=O) groups excluding carboxylic acids is 2. The average Bonchev–Trinajstić information content (AvgIpc) is 3.28. The Bertz CT molecular complexity index is 1060. The highest BCUT2D eigenvalue weighted by molar-refractivity contribution is 8.18. The Balaban J connectivity index is 1.38. The Labute approximate surface area is 165 Å². The Hall–Kier alpha value is -3.39. The quantitative estimate of drug-likeness (QED) is 0.669. The Morgan fingerprint density at radius 3 is 2.54 bits per heavy atom. The average molecular weight is 392 g/mol. The van der Waals surface area contributed by atoms with Gasteiger partial charge in [0.15, 0.2) is 0 Å². The summed E-state index contributed by atoms with van der Waals surface area (Å²) in [5, 5.41) is 10.1. The summed E-state index contributed by atoms with van der Waals surface area (Å²) in [6.07, 6.45) is 3.50. The van der Waals surface area contributed by atoms with Gasteiger partial charge in [0.05, 0.1) is 16.8 Å². The van der Waals surface area contributed by atoms with E-state index < -0.39 is 0 Å². The number of hydrogen-bond donors (Lipinski definition) is 1. The first-order valence-electron chi connectivity index (χ1n) is 8.53. The number of aryl methyl sites for hydroxylation is 1. The first-order valence-corrected chi connectivity index (χ1v) is 9.34. The summed E-state index contributed by atoms with van der Waals surface area (Å²) in [6.45, 7) is 2.33. The molecule has 4 rings (SSSR count). The van der Waals surface area contributed by atoms with Crippen LogP contribution in [0, 0.1) is 6.92 Å². The van der Waals surface area contributed by atoms with Crippen molar-refractivity contribution in [1.82, 2.24) is 20.3 Å². The van der Waals surface area contributed by atoms with Crippen LogP contribution in [0.3, 0.4) is 0 Å². The molecule has 0 bridgehead atoms. The molecular weight excluding hydrogens is 376 g/mol. The lowest BCUT2D eigenvalue weighted by Crippen LogP contribution is -2.17. The topological polar surface area (TPSA) is 86.1 Å². The van der Waals surface area contributed by atoms with Crippen LogP contribution in [0.1, 0.15) is 16.8 Å². The van der Waals surface area contributed by atoms with Crippen molar-refractivity contribution in [3.8, 4) is 11.4 Å². The molecule has 2 heterocycles. The lowest BCUT2D eigenvalue weighted by molar-refractivity contribution is -0.115. The van der Waals surface area contributed by atoms with Crippen molar-refractivity contribution < 1.29 is 14.3 Å². The molecule has 2 aromatic carbocycles. The second-order valence-electron chi connectivity index (χ2n) is 6.20. The summed E-state index contributed by atoms with van der Waals surface area (Å²) >= 11 is 0.894. The van der Waals surface area contributed by atoms with Gasteiger partial charge in [0.2, 0.25) is 0 Å². The van der Waals surface area contributed by atoms with E-state index in [0.717, 1.165) is 23.0 Å². The zero-order valence-corrected chi connectivity index (χ0v) is 15.8. The number of thioether (sulfide) groups is 1. The van der Waals surface area contributed by atoms with E-state index in [-0.39, 0.29) is 11.1 Å². The number of ether oxygens (including phenoxy) is 1. The second kappa shape index (κ2) is 7.69. The second-order valence-corrected chi connectivity index (χ2v) is 7.21. The zero-order valence-electron chi connectivity index (χ0n) is 15.0. The number of amides is 2. The molecule has 1 aliphatic heterocycles. The highest BCUT2D eigenvalue weighted by Gasteiger charge is 2.24. The molecule has 0 unspecified atom stereocenters. The van der Waals surface area contributed by atoms with Crippen molar-refractivity contribution in [2.24, 2.45) is 0 Å². The molecule has 1 fully saturated rings. The van der Waals surface area contributed by atoms with Crippen molar-refractivity contribution in [2.75, 3.05) is 0 Å². The van der Waals surface area contributed by atoms with Gasteiger partial charge in [-0.15, -0.1) is 5.10 Å². The van der Waals surface area contributed by atoms with E-state index in [0.29, 0.717) is 23.0 Å². The maximum atomic E-state index is 11.6. The van der Waals surface area contributed by atoms with E-state index in [4.69, 9.17) is 4.74 Å². The van der Waals surface area contributed by atoms with Gasteiger partial charge in [0.1, 0.15) is 18.1 Å². The maximum Gasteiger partial charge on any atom is 0.290 e. The highest BCUT2D eigenvalue weighted by Crippen LogP contribution is 2.26. The summed E-state index contributed by atoms with van der Waals surface area (Å²) in [4.78, 5) is 23.1. The first-order chi connectivity index (χ1) is 13.6. The van der Waals surface area contributed by atoms with Crippen LogP contribution in [0.4, 0.5) is 4.79 Å². The lowest BCUT2D eigenvalue weighted by atomic mass is 10.2. The largest absolute Gasteiger partial charge is 0.487 e. The van der Waals surface area contributed by atoms with Crippen LogP contribution in [-0.2, 0) is 11.4 Å². The minimum Gasteiger partial charge on any atom is -0.487 e. The molecule has 140 valence electrons. The van der Waals surface area contributed by atoms with Crippen molar-refractivity contribution in [2.45, 2.75) is 13.5 Å². The molecule has 1 N–H and O–H groups in total. The van der Waals surface area contributed by atoms with E-state index in [1.807, 2.05) is 49.5 Å². The van der Waals surface area contributed by atoms with Crippen LogP contribution in [-0.4, -0.2) is 26.1 Å². The van der Waals surface area contributed by atoms with Crippen LogP contribution in [0.25, 0.3) is 11.8 Å². The fraction of sp³-hybridized carbons (Fsp3) is 0.100. The molecule has 0 saturated carbocycles. The summed E-state index contributed by atoms with van der Waals surface area (Å²) < 4.78 is 7.46. The lowest BCUT2D eigenvalue weighted by Gasteiger charge is -2.04. The molecule has 7 nitrogen and oxygen atoms in total. The van der Waals surface area contributed by atoms with Crippen molar-refractivity contribution in [3.05, 3.63) is 76.5 Å². The highest BCUT2D eigenvalue weighted by atomic mass is 32.2.